The predicted molar refractivity (Wildman–Crippen MR) is 142 cm³/mol. The van der Waals surface area contributed by atoms with E-state index in [1.807, 2.05) is 57.2 Å². The maximum absolute atomic E-state index is 13.5. The van der Waals surface area contributed by atoms with Crippen LogP contribution >= 0.6 is 15.9 Å². The smallest absolute Gasteiger partial charge is 0.415 e. The number of nitrogens with zero attached hydrogens (tertiary/aromatic N) is 4. The first-order chi connectivity index (χ1) is 16.7. The number of amides is 1. The highest BCUT2D eigenvalue weighted by Gasteiger charge is 2.36. The van der Waals surface area contributed by atoms with Crippen LogP contribution in [-0.2, 0) is 4.74 Å². The van der Waals surface area contributed by atoms with E-state index in [0.717, 1.165) is 52.8 Å². The van der Waals surface area contributed by atoms with Gasteiger partial charge in [0.15, 0.2) is 0 Å². The minimum Gasteiger partial charge on any atom is -0.495 e. The number of hydrogen-bond acceptors (Lipinski definition) is 6. The molecule has 2 heterocycles. The summed E-state index contributed by atoms with van der Waals surface area (Å²) in [5.74, 6) is 2.94. The SMILES string of the molecule is COc1ccccc1N(C(=O)OC1CCN(c2nc(C3CC3)nc3ccc(Br)cc23)C1)C(C)(C)C. The van der Waals surface area contributed by atoms with E-state index in [0.29, 0.717) is 23.9 Å². The quantitative estimate of drug-likeness (QED) is 0.379. The Hall–Kier alpha value is -2.87. The minimum atomic E-state index is -0.488. The summed E-state index contributed by atoms with van der Waals surface area (Å²) in [6, 6.07) is 13.7. The van der Waals surface area contributed by atoms with Crippen LogP contribution in [0.4, 0.5) is 16.3 Å². The first kappa shape index (κ1) is 23.9. The molecular weight excluding hydrogens is 508 g/mol. The van der Waals surface area contributed by atoms with Gasteiger partial charge in [-0.05, 0) is 63.9 Å². The fourth-order valence-corrected chi connectivity index (χ4v) is 4.99. The summed E-state index contributed by atoms with van der Waals surface area (Å²) in [5.41, 5.74) is 1.16. The van der Waals surface area contributed by atoms with Gasteiger partial charge >= 0.3 is 6.09 Å². The topological polar surface area (TPSA) is 67.8 Å². The molecule has 3 aromatic rings. The minimum absolute atomic E-state index is 0.233. The lowest BCUT2D eigenvalue weighted by molar-refractivity contribution is 0.110. The molecule has 1 amide bonds. The molecule has 0 N–H and O–H groups in total. The number of ether oxygens (including phenoxy) is 2. The fourth-order valence-electron chi connectivity index (χ4n) is 4.63. The number of methoxy groups -OCH3 is 1. The van der Waals surface area contributed by atoms with Gasteiger partial charge in [0.05, 0.1) is 24.9 Å². The van der Waals surface area contributed by atoms with Crippen LogP contribution in [0, 0.1) is 0 Å². The number of aromatic nitrogens is 2. The summed E-state index contributed by atoms with van der Waals surface area (Å²) < 4.78 is 12.6. The third-order valence-corrected chi connectivity index (χ3v) is 6.98. The van der Waals surface area contributed by atoms with Crippen molar-refractivity contribution in [1.82, 2.24) is 9.97 Å². The van der Waals surface area contributed by atoms with Crippen LogP contribution in [0.5, 0.6) is 5.75 Å². The summed E-state index contributed by atoms with van der Waals surface area (Å²) in [5, 5.41) is 1.01. The Morgan fingerprint density at radius 3 is 2.60 bits per heavy atom. The maximum Gasteiger partial charge on any atom is 0.415 e. The predicted octanol–water partition coefficient (Wildman–Crippen LogP) is 6.30. The van der Waals surface area contributed by atoms with E-state index in [9.17, 15) is 4.79 Å². The third-order valence-electron chi connectivity index (χ3n) is 6.49. The van der Waals surface area contributed by atoms with Crippen molar-refractivity contribution in [3.05, 3.63) is 52.8 Å². The molecule has 0 radical (unpaired) electrons. The molecule has 184 valence electrons. The van der Waals surface area contributed by atoms with Crippen LogP contribution in [0.1, 0.15) is 51.8 Å². The lowest BCUT2D eigenvalue weighted by Gasteiger charge is -2.36. The standard InChI is InChI=1S/C27H31BrN4O3/c1-27(2,3)32(22-7-5-6-8-23(22)34-4)26(33)35-19-13-14-31(16-19)25-20-15-18(28)11-12-21(20)29-24(30-25)17-9-10-17/h5-8,11-12,15,17,19H,9-10,13-14,16H2,1-4H3. The number of carbonyl (C=O) groups is 1. The molecule has 0 spiro atoms. The van der Waals surface area contributed by atoms with Crippen LogP contribution < -0.4 is 14.5 Å². The van der Waals surface area contributed by atoms with Crippen molar-refractivity contribution in [3.63, 3.8) is 0 Å². The van der Waals surface area contributed by atoms with Gasteiger partial charge in [0.1, 0.15) is 23.5 Å². The Morgan fingerprint density at radius 1 is 1.11 bits per heavy atom. The Morgan fingerprint density at radius 2 is 1.89 bits per heavy atom. The number of halogens is 1. The lowest BCUT2D eigenvalue weighted by Crippen LogP contribution is -2.47. The summed E-state index contributed by atoms with van der Waals surface area (Å²) in [4.78, 5) is 27.2. The molecule has 1 saturated carbocycles. The molecule has 1 atom stereocenters. The number of para-hydroxylation sites is 2. The zero-order valence-corrected chi connectivity index (χ0v) is 22.2. The number of benzene rings is 2. The van der Waals surface area contributed by atoms with Crippen LogP contribution in [0.25, 0.3) is 10.9 Å². The fraction of sp³-hybridized carbons (Fsp3) is 0.444. The van der Waals surface area contributed by atoms with E-state index >= 15 is 0 Å². The molecule has 5 rings (SSSR count). The number of anilines is 2. The second-order valence-electron chi connectivity index (χ2n) is 10.3. The Kier molecular flexibility index (Phi) is 6.34. The van der Waals surface area contributed by atoms with Gasteiger partial charge in [-0.2, -0.15) is 0 Å². The van der Waals surface area contributed by atoms with Gasteiger partial charge in [0.2, 0.25) is 0 Å². The summed E-state index contributed by atoms with van der Waals surface area (Å²) in [6.45, 7) is 7.34. The van der Waals surface area contributed by atoms with Crippen molar-refractivity contribution < 1.29 is 14.3 Å². The molecule has 1 unspecified atom stereocenters. The van der Waals surface area contributed by atoms with Crippen molar-refractivity contribution in [1.29, 1.82) is 0 Å². The first-order valence-corrected chi connectivity index (χ1v) is 12.9. The van der Waals surface area contributed by atoms with Gasteiger partial charge in [-0.15, -0.1) is 0 Å². The van der Waals surface area contributed by atoms with Crippen molar-refractivity contribution in [2.75, 3.05) is 30.0 Å². The molecule has 2 fully saturated rings. The lowest BCUT2D eigenvalue weighted by atomic mass is 10.1. The number of hydrogen-bond donors (Lipinski definition) is 0. The van der Waals surface area contributed by atoms with Gasteiger partial charge < -0.3 is 14.4 Å². The van der Waals surface area contributed by atoms with Crippen molar-refractivity contribution in [2.24, 2.45) is 0 Å². The molecule has 35 heavy (non-hydrogen) atoms. The van der Waals surface area contributed by atoms with E-state index in [-0.39, 0.29) is 12.2 Å². The molecule has 2 aliphatic rings. The molecule has 1 aromatic heterocycles. The summed E-state index contributed by atoms with van der Waals surface area (Å²) in [7, 11) is 1.61. The summed E-state index contributed by atoms with van der Waals surface area (Å²) >= 11 is 3.59. The normalized spacial score (nSPS) is 18.1. The molecule has 1 aliphatic carbocycles. The van der Waals surface area contributed by atoms with E-state index < -0.39 is 5.54 Å². The summed E-state index contributed by atoms with van der Waals surface area (Å²) in [6.07, 6.45) is 2.43. The average molecular weight is 539 g/mol. The Labute approximate surface area is 214 Å². The number of fused-ring (bicyclic) bond motifs is 1. The van der Waals surface area contributed by atoms with Gasteiger partial charge in [-0.3, -0.25) is 4.90 Å². The molecule has 1 aliphatic heterocycles. The highest BCUT2D eigenvalue weighted by atomic mass is 79.9. The first-order valence-electron chi connectivity index (χ1n) is 12.1. The second kappa shape index (κ2) is 9.30. The van der Waals surface area contributed by atoms with Crippen LogP contribution in [0.2, 0.25) is 0 Å². The second-order valence-corrected chi connectivity index (χ2v) is 11.2. The Balaban J connectivity index is 1.38. The van der Waals surface area contributed by atoms with Crippen molar-refractivity contribution in [2.45, 2.75) is 57.6 Å². The van der Waals surface area contributed by atoms with Gasteiger partial charge in [-0.1, -0.05) is 28.1 Å². The third kappa shape index (κ3) is 4.94. The molecule has 0 bridgehead atoms. The number of carbonyl (C=O) groups excluding carboxylic acids is 1. The monoisotopic (exact) mass is 538 g/mol. The van der Waals surface area contributed by atoms with E-state index in [1.54, 1.807) is 12.0 Å². The molecule has 1 saturated heterocycles. The highest BCUT2D eigenvalue weighted by Crippen LogP contribution is 2.41. The van der Waals surface area contributed by atoms with E-state index in [2.05, 4.69) is 26.9 Å². The molecule has 8 heteroatoms. The van der Waals surface area contributed by atoms with Crippen molar-refractivity contribution in [3.8, 4) is 5.75 Å². The van der Waals surface area contributed by atoms with Gasteiger partial charge in [0, 0.05) is 34.3 Å². The van der Waals surface area contributed by atoms with Gasteiger partial charge in [-0.25, -0.2) is 14.8 Å². The molecule has 7 nitrogen and oxygen atoms in total. The van der Waals surface area contributed by atoms with Crippen LogP contribution in [-0.4, -0.2) is 47.9 Å². The maximum atomic E-state index is 13.5. The molecular formula is C27H31BrN4O3. The molecule has 2 aromatic carbocycles. The van der Waals surface area contributed by atoms with Crippen LogP contribution in [0.3, 0.4) is 0 Å². The largest absolute Gasteiger partial charge is 0.495 e. The number of rotatable bonds is 5. The zero-order chi connectivity index (χ0) is 24.7. The highest BCUT2D eigenvalue weighted by molar-refractivity contribution is 9.10. The van der Waals surface area contributed by atoms with Crippen molar-refractivity contribution >= 4 is 44.4 Å². The Bertz CT molecular complexity index is 1250. The van der Waals surface area contributed by atoms with E-state index in [1.165, 1.54) is 0 Å². The average Bonchev–Trinajstić information content (AvgIpc) is 3.57. The van der Waals surface area contributed by atoms with E-state index in [4.69, 9.17) is 19.4 Å². The van der Waals surface area contributed by atoms with Crippen LogP contribution in [0.15, 0.2) is 46.9 Å². The van der Waals surface area contributed by atoms with Gasteiger partial charge in [0.25, 0.3) is 0 Å². The zero-order valence-electron chi connectivity index (χ0n) is 20.6.